The summed E-state index contributed by atoms with van der Waals surface area (Å²) in [5.74, 6) is -0.210. The minimum Gasteiger partial charge on any atom is -0.366 e. The van der Waals surface area contributed by atoms with Crippen LogP contribution in [0.1, 0.15) is 12.0 Å². The zero-order valence-corrected chi connectivity index (χ0v) is 15.5. The number of H-pyrrole nitrogens is 1. The highest BCUT2D eigenvalue weighted by Gasteiger charge is 2.22. The van der Waals surface area contributed by atoms with E-state index >= 15 is 0 Å². The summed E-state index contributed by atoms with van der Waals surface area (Å²) in [4.78, 5) is 31.4. The third-order valence-electron chi connectivity index (χ3n) is 5.26. The second kappa shape index (κ2) is 7.84. The minimum absolute atomic E-state index is 0.0285. The number of carbonyl (C=O) groups is 1. The standard InChI is InChI=1S/C22H22FN3O2/c23-18-6-2-4-8-20(18)25-11-13-26(14-12-25)21(27)10-9-17-15-16-5-1-3-7-19(16)24-22(17)28/h1-8,15H,9-14H2,(H,24,28). The number of carbonyl (C=O) groups excluding carboxylic acids is 1. The predicted molar refractivity (Wildman–Crippen MR) is 108 cm³/mol. The number of aryl methyl sites for hydroxylation is 1. The second-order valence-corrected chi connectivity index (χ2v) is 7.03. The van der Waals surface area contributed by atoms with E-state index in [1.54, 1.807) is 17.0 Å². The van der Waals surface area contributed by atoms with Gasteiger partial charge in [-0.25, -0.2) is 4.39 Å². The Labute approximate surface area is 162 Å². The van der Waals surface area contributed by atoms with E-state index in [0.717, 1.165) is 10.9 Å². The molecule has 6 heteroatoms. The summed E-state index contributed by atoms with van der Waals surface area (Å²) >= 11 is 0. The van der Waals surface area contributed by atoms with Crippen LogP contribution in [0.5, 0.6) is 0 Å². The molecular weight excluding hydrogens is 357 g/mol. The molecule has 1 aliphatic rings. The first kappa shape index (κ1) is 18.2. The highest BCUT2D eigenvalue weighted by molar-refractivity contribution is 5.79. The topological polar surface area (TPSA) is 56.4 Å². The van der Waals surface area contributed by atoms with Crippen molar-refractivity contribution in [2.24, 2.45) is 0 Å². The summed E-state index contributed by atoms with van der Waals surface area (Å²) in [5.41, 5.74) is 1.86. The molecule has 1 aromatic heterocycles. The van der Waals surface area contributed by atoms with E-state index in [0.29, 0.717) is 50.3 Å². The van der Waals surface area contributed by atoms with Gasteiger partial charge in [0.25, 0.3) is 5.56 Å². The molecule has 1 aliphatic heterocycles. The Morgan fingerprint density at radius 1 is 1.00 bits per heavy atom. The number of hydrogen-bond donors (Lipinski definition) is 1. The maximum atomic E-state index is 13.9. The predicted octanol–water partition coefficient (Wildman–Crippen LogP) is 2.95. The molecule has 5 nitrogen and oxygen atoms in total. The molecule has 144 valence electrons. The third kappa shape index (κ3) is 3.76. The summed E-state index contributed by atoms with van der Waals surface area (Å²) in [7, 11) is 0. The highest BCUT2D eigenvalue weighted by atomic mass is 19.1. The molecule has 1 saturated heterocycles. The van der Waals surface area contributed by atoms with Gasteiger partial charge in [-0.1, -0.05) is 30.3 Å². The molecule has 0 bridgehead atoms. The Kier molecular flexibility index (Phi) is 5.10. The molecule has 0 unspecified atom stereocenters. The molecule has 1 fully saturated rings. The smallest absolute Gasteiger partial charge is 0.251 e. The second-order valence-electron chi connectivity index (χ2n) is 7.03. The summed E-state index contributed by atoms with van der Waals surface area (Å²) < 4.78 is 13.9. The molecule has 4 rings (SSSR count). The van der Waals surface area contributed by atoms with Gasteiger partial charge in [-0.3, -0.25) is 9.59 Å². The summed E-state index contributed by atoms with van der Waals surface area (Å²) in [5, 5.41) is 0.961. The lowest BCUT2D eigenvalue weighted by molar-refractivity contribution is -0.131. The SMILES string of the molecule is O=C(CCc1cc2ccccc2[nH]c1=O)N1CCN(c2ccccc2F)CC1. The molecule has 2 aromatic carbocycles. The number of anilines is 1. The number of amides is 1. The number of hydrogen-bond acceptors (Lipinski definition) is 3. The van der Waals surface area contributed by atoms with Crippen LogP contribution in [-0.2, 0) is 11.2 Å². The summed E-state index contributed by atoms with van der Waals surface area (Å²) in [6, 6.07) is 16.2. The molecule has 0 radical (unpaired) electrons. The van der Waals surface area contributed by atoms with E-state index in [2.05, 4.69) is 4.98 Å². The van der Waals surface area contributed by atoms with Crippen LogP contribution in [0.15, 0.2) is 59.4 Å². The van der Waals surface area contributed by atoms with E-state index in [1.165, 1.54) is 6.07 Å². The van der Waals surface area contributed by atoms with Crippen LogP contribution in [0.3, 0.4) is 0 Å². The number of aromatic amines is 1. The first-order chi connectivity index (χ1) is 13.6. The maximum absolute atomic E-state index is 13.9. The van der Waals surface area contributed by atoms with Crippen molar-refractivity contribution in [1.29, 1.82) is 0 Å². The van der Waals surface area contributed by atoms with Gasteiger partial charge in [-0.15, -0.1) is 0 Å². The first-order valence-electron chi connectivity index (χ1n) is 9.50. The average molecular weight is 379 g/mol. The molecular formula is C22H22FN3O2. The minimum atomic E-state index is -0.238. The van der Waals surface area contributed by atoms with Gasteiger partial charge in [0.1, 0.15) is 5.82 Å². The number of piperazine rings is 1. The molecule has 0 saturated carbocycles. The Balaban J connectivity index is 1.36. The molecule has 2 heterocycles. The van der Waals surface area contributed by atoms with Crippen LogP contribution in [0.25, 0.3) is 10.9 Å². The lowest BCUT2D eigenvalue weighted by atomic mass is 10.1. The van der Waals surface area contributed by atoms with Gasteiger partial charge in [-0.2, -0.15) is 0 Å². The normalized spacial score (nSPS) is 14.5. The number of nitrogens with one attached hydrogen (secondary N) is 1. The molecule has 0 atom stereocenters. The highest BCUT2D eigenvalue weighted by Crippen LogP contribution is 2.20. The van der Waals surface area contributed by atoms with Gasteiger partial charge in [0, 0.05) is 43.7 Å². The van der Waals surface area contributed by atoms with Crippen molar-refractivity contribution in [3.8, 4) is 0 Å². The number of pyridine rings is 1. The number of rotatable bonds is 4. The summed E-state index contributed by atoms with van der Waals surface area (Å²) in [6.45, 7) is 2.31. The number of halogens is 1. The van der Waals surface area contributed by atoms with Crippen LogP contribution in [0.4, 0.5) is 10.1 Å². The quantitative estimate of drug-likeness (QED) is 0.758. The fraction of sp³-hybridized carbons (Fsp3) is 0.273. The third-order valence-corrected chi connectivity index (χ3v) is 5.26. The van der Waals surface area contributed by atoms with Crippen molar-refractivity contribution in [2.45, 2.75) is 12.8 Å². The lowest BCUT2D eigenvalue weighted by Crippen LogP contribution is -2.49. The van der Waals surface area contributed by atoms with Crippen molar-refractivity contribution in [1.82, 2.24) is 9.88 Å². The Bertz CT molecular complexity index is 1050. The fourth-order valence-corrected chi connectivity index (χ4v) is 3.68. The number of benzene rings is 2. The largest absolute Gasteiger partial charge is 0.366 e. The van der Waals surface area contributed by atoms with Gasteiger partial charge < -0.3 is 14.8 Å². The van der Waals surface area contributed by atoms with E-state index in [4.69, 9.17) is 0 Å². The monoisotopic (exact) mass is 379 g/mol. The molecule has 0 spiro atoms. The average Bonchev–Trinajstić information content (AvgIpc) is 2.72. The van der Waals surface area contributed by atoms with Crippen molar-refractivity contribution in [2.75, 3.05) is 31.1 Å². The van der Waals surface area contributed by atoms with Crippen molar-refractivity contribution >= 4 is 22.5 Å². The van der Waals surface area contributed by atoms with Crippen LogP contribution in [-0.4, -0.2) is 42.0 Å². The van der Waals surface area contributed by atoms with Gasteiger partial charge in [-0.05, 0) is 36.1 Å². The van der Waals surface area contributed by atoms with Crippen LogP contribution >= 0.6 is 0 Å². The van der Waals surface area contributed by atoms with Crippen LogP contribution in [0, 0.1) is 5.82 Å². The number of para-hydroxylation sites is 2. The Morgan fingerprint density at radius 2 is 1.71 bits per heavy atom. The zero-order valence-electron chi connectivity index (χ0n) is 15.5. The van der Waals surface area contributed by atoms with Gasteiger partial charge >= 0.3 is 0 Å². The van der Waals surface area contributed by atoms with Gasteiger partial charge in [0.15, 0.2) is 0 Å². The number of fused-ring (bicyclic) bond motifs is 1. The van der Waals surface area contributed by atoms with Crippen LogP contribution < -0.4 is 10.5 Å². The fourth-order valence-electron chi connectivity index (χ4n) is 3.68. The lowest BCUT2D eigenvalue weighted by Gasteiger charge is -2.36. The van der Waals surface area contributed by atoms with E-state index in [9.17, 15) is 14.0 Å². The van der Waals surface area contributed by atoms with Gasteiger partial charge in [0.05, 0.1) is 5.69 Å². The Hall–Kier alpha value is -3.15. The number of nitrogens with zero attached hydrogens (tertiary/aromatic N) is 2. The first-order valence-corrected chi connectivity index (χ1v) is 9.50. The number of aromatic nitrogens is 1. The van der Waals surface area contributed by atoms with E-state index in [1.807, 2.05) is 41.3 Å². The van der Waals surface area contributed by atoms with Gasteiger partial charge in [0.2, 0.25) is 5.91 Å². The molecule has 1 amide bonds. The maximum Gasteiger partial charge on any atom is 0.251 e. The van der Waals surface area contributed by atoms with E-state index < -0.39 is 0 Å². The molecule has 3 aromatic rings. The Morgan fingerprint density at radius 3 is 2.50 bits per heavy atom. The van der Waals surface area contributed by atoms with Crippen LogP contribution in [0.2, 0.25) is 0 Å². The van der Waals surface area contributed by atoms with E-state index in [-0.39, 0.29) is 17.3 Å². The van der Waals surface area contributed by atoms with Crippen molar-refractivity contribution in [3.63, 3.8) is 0 Å². The summed E-state index contributed by atoms with van der Waals surface area (Å²) in [6.07, 6.45) is 0.702. The molecule has 28 heavy (non-hydrogen) atoms. The van der Waals surface area contributed by atoms with Crippen molar-refractivity contribution < 1.29 is 9.18 Å². The zero-order chi connectivity index (χ0) is 19.5. The molecule has 1 N–H and O–H groups in total. The molecule has 0 aliphatic carbocycles. The van der Waals surface area contributed by atoms with Crippen molar-refractivity contribution in [3.05, 3.63) is 76.3 Å².